The van der Waals surface area contributed by atoms with E-state index in [9.17, 15) is 14.4 Å². The van der Waals surface area contributed by atoms with E-state index in [4.69, 9.17) is 0 Å². The third-order valence-electron chi connectivity index (χ3n) is 5.46. The molecular formula is C22H24N4O3S. The lowest BCUT2D eigenvalue weighted by atomic mass is 9.96. The van der Waals surface area contributed by atoms with E-state index in [1.165, 1.54) is 11.8 Å². The molecule has 2 aliphatic heterocycles. The van der Waals surface area contributed by atoms with Crippen molar-refractivity contribution in [2.24, 2.45) is 5.92 Å². The molecule has 4 rings (SSSR count). The van der Waals surface area contributed by atoms with Gasteiger partial charge >= 0.3 is 0 Å². The predicted molar refractivity (Wildman–Crippen MR) is 116 cm³/mol. The van der Waals surface area contributed by atoms with Crippen molar-refractivity contribution in [2.45, 2.75) is 36.3 Å². The van der Waals surface area contributed by atoms with Crippen molar-refractivity contribution in [3.05, 3.63) is 48.2 Å². The summed E-state index contributed by atoms with van der Waals surface area (Å²) in [7, 11) is 0. The van der Waals surface area contributed by atoms with Crippen molar-refractivity contribution < 1.29 is 14.4 Å². The molecule has 0 saturated carbocycles. The number of aromatic nitrogens is 1. The summed E-state index contributed by atoms with van der Waals surface area (Å²) >= 11 is 1.42. The van der Waals surface area contributed by atoms with Gasteiger partial charge in [-0.25, -0.2) is 4.98 Å². The van der Waals surface area contributed by atoms with Crippen molar-refractivity contribution in [3.63, 3.8) is 0 Å². The van der Waals surface area contributed by atoms with Gasteiger partial charge in [-0.3, -0.25) is 14.4 Å². The number of amides is 3. The zero-order valence-electron chi connectivity index (χ0n) is 16.8. The van der Waals surface area contributed by atoms with Crippen LogP contribution in [0.4, 0.5) is 11.5 Å². The summed E-state index contributed by atoms with van der Waals surface area (Å²) < 4.78 is 0. The molecular weight excluding hydrogens is 400 g/mol. The second kappa shape index (κ2) is 8.87. The summed E-state index contributed by atoms with van der Waals surface area (Å²) in [5.74, 6) is -0.0805. The maximum Gasteiger partial charge on any atom is 0.238 e. The van der Waals surface area contributed by atoms with E-state index in [1.807, 2.05) is 43.3 Å². The second-order valence-electron chi connectivity index (χ2n) is 7.63. The lowest BCUT2D eigenvalue weighted by molar-refractivity contribution is -0.135. The molecule has 0 radical (unpaired) electrons. The van der Waals surface area contributed by atoms with Gasteiger partial charge < -0.3 is 15.5 Å². The molecule has 0 spiro atoms. The first-order chi connectivity index (χ1) is 14.5. The van der Waals surface area contributed by atoms with Crippen molar-refractivity contribution in [2.75, 3.05) is 23.7 Å². The highest BCUT2D eigenvalue weighted by atomic mass is 32.2. The van der Waals surface area contributed by atoms with Crippen LogP contribution in [0.5, 0.6) is 0 Å². The summed E-state index contributed by atoms with van der Waals surface area (Å²) in [4.78, 5) is 44.9. The molecule has 1 aromatic heterocycles. The molecule has 0 unspecified atom stereocenters. The summed E-state index contributed by atoms with van der Waals surface area (Å²) in [6.45, 7) is 2.87. The van der Waals surface area contributed by atoms with Crippen LogP contribution in [-0.4, -0.2) is 45.9 Å². The Hall–Kier alpha value is -2.87. The summed E-state index contributed by atoms with van der Waals surface area (Å²) in [6, 6.07) is 11.3. The summed E-state index contributed by atoms with van der Waals surface area (Å²) in [5, 5.41) is 5.30. The molecule has 0 bridgehead atoms. The Morgan fingerprint density at radius 1 is 1.27 bits per heavy atom. The van der Waals surface area contributed by atoms with Crippen LogP contribution in [-0.2, 0) is 14.4 Å². The lowest BCUT2D eigenvalue weighted by Crippen LogP contribution is -2.45. The van der Waals surface area contributed by atoms with Gasteiger partial charge in [-0.15, -0.1) is 11.8 Å². The number of likely N-dealkylation sites (tertiary alicyclic amines) is 1. The number of aryl methyl sites for hydroxylation is 1. The van der Waals surface area contributed by atoms with E-state index in [2.05, 4.69) is 15.6 Å². The fourth-order valence-corrected chi connectivity index (χ4v) is 4.87. The van der Waals surface area contributed by atoms with Gasteiger partial charge in [0.2, 0.25) is 17.7 Å². The average molecular weight is 425 g/mol. The fraction of sp³-hybridized carbons (Fsp3) is 0.364. The Bertz CT molecular complexity index is 980. The van der Waals surface area contributed by atoms with Gasteiger partial charge in [0.05, 0.1) is 16.9 Å². The number of thioether (sulfide) groups is 1. The average Bonchev–Trinajstić information content (AvgIpc) is 2.76. The second-order valence-corrected chi connectivity index (χ2v) is 8.88. The largest absolute Gasteiger partial charge is 0.342 e. The zero-order valence-corrected chi connectivity index (χ0v) is 17.6. The summed E-state index contributed by atoms with van der Waals surface area (Å²) in [6.07, 6.45) is 3.26. The molecule has 2 atom stereocenters. The quantitative estimate of drug-likeness (QED) is 0.787. The highest BCUT2D eigenvalue weighted by Gasteiger charge is 2.33. The minimum absolute atomic E-state index is 0.0893. The molecule has 2 aliphatic rings. The SMILES string of the molecule is Cc1cccnc1NC(=O)[C@@H]1CCCN(C(=O)C[C@H]2Sc3ccccc3NC2=O)C1. The predicted octanol–water partition coefficient (Wildman–Crippen LogP) is 3.07. The van der Waals surface area contributed by atoms with E-state index in [-0.39, 0.29) is 30.1 Å². The van der Waals surface area contributed by atoms with E-state index >= 15 is 0 Å². The molecule has 7 nitrogen and oxygen atoms in total. The Kier molecular flexibility index (Phi) is 6.03. The van der Waals surface area contributed by atoms with E-state index in [1.54, 1.807) is 11.1 Å². The van der Waals surface area contributed by atoms with Crippen molar-refractivity contribution in [3.8, 4) is 0 Å². The van der Waals surface area contributed by atoms with E-state index < -0.39 is 5.25 Å². The van der Waals surface area contributed by atoms with Gasteiger partial charge in [-0.2, -0.15) is 0 Å². The fourth-order valence-electron chi connectivity index (χ4n) is 3.77. The van der Waals surface area contributed by atoms with Crippen LogP contribution >= 0.6 is 11.8 Å². The third-order valence-corrected chi connectivity index (χ3v) is 6.74. The topological polar surface area (TPSA) is 91.4 Å². The van der Waals surface area contributed by atoms with Crippen LogP contribution < -0.4 is 10.6 Å². The van der Waals surface area contributed by atoms with Gasteiger partial charge in [0.25, 0.3) is 0 Å². The van der Waals surface area contributed by atoms with Crippen LogP contribution in [0.1, 0.15) is 24.8 Å². The molecule has 1 saturated heterocycles. The number of carbonyl (C=O) groups excluding carboxylic acids is 3. The molecule has 3 heterocycles. The minimum atomic E-state index is -0.460. The number of fused-ring (bicyclic) bond motifs is 1. The van der Waals surface area contributed by atoms with Crippen LogP contribution in [0.3, 0.4) is 0 Å². The number of nitrogens with one attached hydrogen (secondary N) is 2. The molecule has 1 fully saturated rings. The van der Waals surface area contributed by atoms with Crippen molar-refractivity contribution >= 4 is 41.0 Å². The molecule has 8 heteroatoms. The Morgan fingerprint density at radius 3 is 2.93 bits per heavy atom. The number of hydrogen-bond acceptors (Lipinski definition) is 5. The molecule has 2 N–H and O–H groups in total. The number of rotatable bonds is 4. The number of benzene rings is 1. The van der Waals surface area contributed by atoms with Crippen LogP contribution in [0, 0.1) is 12.8 Å². The molecule has 3 amide bonds. The van der Waals surface area contributed by atoms with E-state index in [0.717, 1.165) is 29.0 Å². The Balaban J connectivity index is 1.36. The number of hydrogen-bond donors (Lipinski definition) is 2. The normalized spacial score (nSPS) is 20.8. The lowest BCUT2D eigenvalue weighted by Gasteiger charge is -2.33. The third kappa shape index (κ3) is 4.48. The van der Waals surface area contributed by atoms with Gasteiger partial charge in [-0.05, 0) is 43.5 Å². The van der Waals surface area contributed by atoms with E-state index in [0.29, 0.717) is 18.9 Å². The summed E-state index contributed by atoms with van der Waals surface area (Å²) in [5.41, 5.74) is 1.69. The van der Waals surface area contributed by atoms with Gasteiger partial charge in [-0.1, -0.05) is 18.2 Å². The van der Waals surface area contributed by atoms with Crippen molar-refractivity contribution in [1.82, 2.24) is 9.88 Å². The number of para-hydroxylation sites is 1. The van der Waals surface area contributed by atoms with Gasteiger partial charge in [0, 0.05) is 30.6 Å². The van der Waals surface area contributed by atoms with Crippen LogP contribution in [0.15, 0.2) is 47.5 Å². The number of pyridine rings is 1. The maximum absolute atomic E-state index is 12.9. The highest BCUT2D eigenvalue weighted by molar-refractivity contribution is 8.01. The molecule has 0 aliphatic carbocycles. The zero-order chi connectivity index (χ0) is 21.1. The Morgan fingerprint density at radius 2 is 2.10 bits per heavy atom. The van der Waals surface area contributed by atoms with Crippen molar-refractivity contribution in [1.29, 1.82) is 0 Å². The van der Waals surface area contributed by atoms with Gasteiger partial charge in [0.15, 0.2) is 0 Å². The number of nitrogens with zero attached hydrogens (tertiary/aromatic N) is 2. The maximum atomic E-state index is 12.9. The highest BCUT2D eigenvalue weighted by Crippen LogP contribution is 2.37. The minimum Gasteiger partial charge on any atom is -0.342 e. The number of piperidine rings is 1. The molecule has 30 heavy (non-hydrogen) atoms. The molecule has 156 valence electrons. The molecule has 2 aromatic rings. The number of carbonyl (C=O) groups is 3. The van der Waals surface area contributed by atoms with Crippen LogP contribution in [0.2, 0.25) is 0 Å². The first-order valence-corrected chi connectivity index (χ1v) is 11.0. The first-order valence-electron chi connectivity index (χ1n) is 10.1. The Labute approximate surface area is 179 Å². The number of anilines is 2. The van der Waals surface area contributed by atoms with Gasteiger partial charge in [0.1, 0.15) is 5.82 Å². The van der Waals surface area contributed by atoms with Crippen LogP contribution in [0.25, 0.3) is 0 Å². The standard InChI is InChI=1S/C22H24N4O3S/c1-14-6-4-10-23-20(14)25-21(28)15-7-5-11-26(13-15)19(27)12-18-22(29)24-16-8-2-3-9-17(16)30-18/h2-4,6,8-10,15,18H,5,7,11-13H2,1H3,(H,24,29)(H,23,25,28)/t15-,18-/m1/s1. The first kappa shape index (κ1) is 20.4. The monoisotopic (exact) mass is 424 g/mol. The smallest absolute Gasteiger partial charge is 0.238 e. The molecule has 1 aromatic carbocycles.